The van der Waals surface area contributed by atoms with Crippen molar-refractivity contribution in [1.29, 1.82) is 0 Å². The number of halogens is 2. The molecule has 0 saturated carbocycles. The summed E-state index contributed by atoms with van der Waals surface area (Å²) in [6.45, 7) is 2.88. The van der Waals surface area contributed by atoms with Crippen LogP contribution in [-0.4, -0.2) is 48.2 Å². The first-order valence-electron chi connectivity index (χ1n) is 8.02. The highest BCUT2D eigenvalue weighted by Crippen LogP contribution is 2.16. The van der Waals surface area contributed by atoms with Gasteiger partial charge in [-0.05, 0) is 26.0 Å². The van der Waals surface area contributed by atoms with E-state index in [0.29, 0.717) is 0 Å². The average molecular weight is 387 g/mol. The standard InChI is InChI=1S/C17H19F2NO7/c1-3-26-12(21)8-10(17(25)27-4-2)14(16(23)24)20-15(22)9-6-5-7-11(18)13(9)19/h5-7,10,14H,3-4,8H2,1-2H3,(H,20,22)(H,23,24)/t10-,14-/m0/s1. The molecule has 0 saturated heterocycles. The molecular weight excluding hydrogens is 368 g/mol. The molecule has 0 aromatic heterocycles. The lowest BCUT2D eigenvalue weighted by atomic mass is 9.95. The summed E-state index contributed by atoms with van der Waals surface area (Å²) in [5.41, 5.74) is -0.750. The lowest BCUT2D eigenvalue weighted by Crippen LogP contribution is -2.50. The van der Waals surface area contributed by atoms with E-state index in [9.17, 15) is 33.1 Å². The van der Waals surface area contributed by atoms with E-state index < -0.39 is 59.4 Å². The summed E-state index contributed by atoms with van der Waals surface area (Å²) >= 11 is 0. The van der Waals surface area contributed by atoms with Crippen molar-refractivity contribution in [2.24, 2.45) is 5.92 Å². The Labute approximate surface area is 153 Å². The van der Waals surface area contributed by atoms with Gasteiger partial charge in [-0.1, -0.05) is 6.07 Å². The van der Waals surface area contributed by atoms with Crippen molar-refractivity contribution in [3.63, 3.8) is 0 Å². The highest BCUT2D eigenvalue weighted by molar-refractivity contribution is 5.98. The largest absolute Gasteiger partial charge is 0.480 e. The van der Waals surface area contributed by atoms with Crippen LogP contribution in [0, 0.1) is 17.6 Å². The van der Waals surface area contributed by atoms with Gasteiger partial charge in [0.1, 0.15) is 6.04 Å². The Morgan fingerprint density at radius 2 is 1.74 bits per heavy atom. The number of benzene rings is 1. The van der Waals surface area contributed by atoms with Crippen LogP contribution < -0.4 is 5.32 Å². The zero-order valence-corrected chi connectivity index (χ0v) is 14.7. The predicted octanol–water partition coefficient (Wildman–Crippen LogP) is 1.28. The second-order valence-corrected chi connectivity index (χ2v) is 5.26. The molecule has 1 rings (SSSR count). The Kier molecular flexibility index (Phi) is 8.31. The molecule has 0 bridgehead atoms. The first kappa shape index (κ1) is 22.0. The van der Waals surface area contributed by atoms with Gasteiger partial charge in [0, 0.05) is 0 Å². The fourth-order valence-corrected chi connectivity index (χ4v) is 2.22. The molecule has 8 nitrogen and oxygen atoms in total. The number of ether oxygens (including phenoxy) is 2. The van der Waals surface area contributed by atoms with Gasteiger partial charge in [-0.3, -0.25) is 14.4 Å². The monoisotopic (exact) mass is 387 g/mol. The van der Waals surface area contributed by atoms with Gasteiger partial charge >= 0.3 is 17.9 Å². The molecule has 148 valence electrons. The molecule has 27 heavy (non-hydrogen) atoms. The summed E-state index contributed by atoms with van der Waals surface area (Å²) in [6.07, 6.45) is -0.685. The van der Waals surface area contributed by atoms with Crippen molar-refractivity contribution in [3.8, 4) is 0 Å². The van der Waals surface area contributed by atoms with Gasteiger partial charge in [0.25, 0.3) is 5.91 Å². The molecule has 1 aromatic carbocycles. The minimum atomic E-state index is -1.93. The third-order valence-electron chi connectivity index (χ3n) is 3.43. The molecule has 1 amide bonds. The van der Waals surface area contributed by atoms with Crippen LogP contribution in [0.25, 0.3) is 0 Å². The second kappa shape index (κ2) is 10.2. The minimum Gasteiger partial charge on any atom is -0.480 e. The molecule has 2 N–H and O–H groups in total. The number of carbonyl (C=O) groups excluding carboxylic acids is 3. The van der Waals surface area contributed by atoms with Crippen LogP contribution in [0.4, 0.5) is 8.78 Å². The molecule has 0 aliphatic heterocycles. The van der Waals surface area contributed by atoms with Crippen LogP contribution in [0.5, 0.6) is 0 Å². The molecule has 2 atom stereocenters. The fourth-order valence-electron chi connectivity index (χ4n) is 2.22. The molecule has 0 radical (unpaired) electrons. The van der Waals surface area contributed by atoms with Crippen LogP contribution in [0.2, 0.25) is 0 Å². The summed E-state index contributed by atoms with van der Waals surface area (Å²) in [5.74, 6) is -9.27. The van der Waals surface area contributed by atoms with Gasteiger partial charge < -0.3 is 19.9 Å². The van der Waals surface area contributed by atoms with E-state index in [1.54, 1.807) is 0 Å². The van der Waals surface area contributed by atoms with Gasteiger partial charge in [-0.2, -0.15) is 0 Å². The number of carbonyl (C=O) groups is 4. The lowest BCUT2D eigenvalue weighted by molar-refractivity contribution is -0.159. The third-order valence-corrected chi connectivity index (χ3v) is 3.43. The normalized spacial score (nSPS) is 12.6. The fraction of sp³-hybridized carbons (Fsp3) is 0.412. The number of carboxylic acid groups (broad SMARTS) is 1. The van der Waals surface area contributed by atoms with Crippen molar-refractivity contribution >= 4 is 23.8 Å². The number of aliphatic carboxylic acids is 1. The van der Waals surface area contributed by atoms with Crippen molar-refractivity contribution in [2.75, 3.05) is 13.2 Å². The molecule has 0 fully saturated rings. The number of carboxylic acids is 1. The van der Waals surface area contributed by atoms with Crippen molar-refractivity contribution < 1.29 is 42.5 Å². The molecule has 0 aliphatic carbocycles. The van der Waals surface area contributed by atoms with Gasteiger partial charge in [0.2, 0.25) is 0 Å². The molecule has 0 spiro atoms. The highest BCUT2D eigenvalue weighted by atomic mass is 19.2. The van der Waals surface area contributed by atoms with Crippen LogP contribution in [0.3, 0.4) is 0 Å². The predicted molar refractivity (Wildman–Crippen MR) is 86.6 cm³/mol. The molecule has 1 aromatic rings. The van der Waals surface area contributed by atoms with Crippen LogP contribution in [0.15, 0.2) is 18.2 Å². The average Bonchev–Trinajstić information content (AvgIpc) is 2.60. The molecule has 10 heteroatoms. The summed E-state index contributed by atoms with van der Waals surface area (Å²) < 4.78 is 36.5. The van der Waals surface area contributed by atoms with E-state index in [0.717, 1.165) is 18.2 Å². The zero-order valence-electron chi connectivity index (χ0n) is 14.7. The lowest BCUT2D eigenvalue weighted by Gasteiger charge is -2.23. The maximum Gasteiger partial charge on any atom is 0.327 e. The van der Waals surface area contributed by atoms with E-state index in [-0.39, 0.29) is 13.2 Å². The summed E-state index contributed by atoms with van der Waals surface area (Å²) in [4.78, 5) is 47.5. The zero-order chi connectivity index (χ0) is 20.6. The Morgan fingerprint density at radius 3 is 2.30 bits per heavy atom. The van der Waals surface area contributed by atoms with Gasteiger partial charge in [0.05, 0.1) is 31.1 Å². The van der Waals surface area contributed by atoms with Crippen LogP contribution in [0.1, 0.15) is 30.6 Å². The van der Waals surface area contributed by atoms with Gasteiger partial charge in [-0.15, -0.1) is 0 Å². The van der Waals surface area contributed by atoms with E-state index in [1.165, 1.54) is 13.8 Å². The van der Waals surface area contributed by atoms with E-state index in [4.69, 9.17) is 9.47 Å². The van der Waals surface area contributed by atoms with Crippen molar-refractivity contribution in [3.05, 3.63) is 35.4 Å². The van der Waals surface area contributed by atoms with Crippen molar-refractivity contribution in [2.45, 2.75) is 26.3 Å². The molecular formula is C17H19F2NO7. The summed E-state index contributed by atoms with van der Waals surface area (Å²) in [5, 5.41) is 11.3. The smallest absolute Gasteiger partial charge is 0.327 e. The Hall–Kier alpha value is -3.04. The SMILES string of the molecule is CCOC(=O)C[C@H](C(=O)OCC)[C@H](NC(=O)c1cccc(F)c1F)C(=O)O. The highest BCUT2D eigenvalue weighted by Gasteiger charge is 2.38. The summed E-state index contributed by atoms with van der Waals surface area (Å²) in [7, 11) is 0. The van der Waals surface area contributed by atoms with Crippen molar-refractivity contribution in [1.82, 2.24) is 5.32 Å². The maximum atomic E-state index is 13.7. The van der Waals surface area contributed by atoms with E-state index in [2.05, 4.69) is 0 Å². The van der Waals surface area contributed by atoms with E-state index in [1.807, 2.05) is 5.32 Å². The van der Waals surface area contributed by atoms with Gasteiger partial charge in [-0.25, -0.2) is 13.6 Å². The quantitative estimate of drug-likeness (QED) is 0.613. The maximum absolute atomic E-state index is 13.7. The number of amides is 1. The number of nitrogens with one attached hydrogen (secondary N) is 1. The second-order valence-electron chi connectivity index (χ2n) is 5.26. The number of hydrogen-bond acceptors (Lipinski definition) is 6. The van der Waals surface area contributed by atoms with Crippen LogP contribution >= 0.6 is 0 Å². The first-order chi connectivity index (χ1) is 12.7. The minimum absolute atomic E-state index is 0.00696. The third kappa shape index (κ3) is 6.01. The number of hydrogen-bond donors (Lipinski definition) is 2. The number of esters is 2. The van der Waals surface area contributed by atoms with E-state index >= 15 is 0 Å². The topological polar surface area (TPSA) is 119 Å². The van der Waals surface area contributed by atoms with Crippen LogP contribution in [-0.2, 0) is 23.9 Å². The summed E-state index contributed by atoms with van der Waals surface area (Å²) in [6, 6.07) is 0.855. The Morgan fingerprint density at radius 1 is 1.11 bits per heavy atom. The Bertz CT molecular complexity index is 723. The first-order valence-corrected chi connectivity index (χ1v) is 8.02. The Balaban J connectivity index is 3.14. The number of rotatable bonds is 9. The molecule has 0 aliphatic rings. The van der Waals surface area contributed by atoms with Gasteiger partial charge in [0.15, 0.2) is 11.6 Å². The molecule has 0 heterocycles. The molecule has 0 unspecified atom stereocenters.